The van der Waals surface area contributed by atoms with Gasteiger partial charge in [-0.05, 0) is 43.2 Å². The molecule has 3 heteroatoms. The van der Waals surface area contributed by atoms with Gasteiger partial charge >= 0.3 is 0 Å². The Bertz CT molecular complexity index is 593. The molecule has 0 fully saturated rings. The maximum atomic E-state index is 12.6. The molecule has 2 aromatic rings. The summed E-state index contributed by atoms with van der Waals surface area (Å²) in [5.74, 6) is 0.180. The van der Waals surface area contributed by atoms with Crippen molar-refractivity contribution in [2.24, 2.45) is 0 Å². The predicted octanol–water partition coefficient (Wildman–Crippen LogP) is 3.36. The third kappa shape index (κ3) is 3.18. The summed E-state index contributed by atoms with van der Waals surface area (Å²) in [5, 5.41) is 9.43. The van der Waals surface area contributed by atoms with Gasteiger partial charge in [0.05, 0.1) is 0 Å². The van der Waals surface area contributed by atoms with E-state index in [1.165, 1.54) is 0 Å². The number of aryl methyl sites for hydroxylation is 1. The number of rotatable bonds is 4. The van der Waals surface area contributed by atoms with Crippen LogP contribution in [-0.4, -0.2) is 22.5 Å². The average Bonchev–Trinajstić information content (AvgIpc) is 2.45. The van der Waals surface area contributed by atoms with Crippen molar-refractivity contribution in [2.75, 3.05) is 6.54 Å². The molecule has 2 aromatic carbocycles. The monoisotopic (exact) mass is 269 g/mol. The van der Waals surface area contributed by atoms with E-state index in [-0.39, 0.29) is 11.7 Å². The number of aromatic hydroxyl groups is 1. The summed E-state index contributed by atoms with van der Waals surface area (Å²) in [6, 6.07) is 14.8. The van der Waals surface area contributed by atoms with E-state index < -0.39 is 0 Å². The molecule has 0 unspecified atom stereocenters. The summed E-state index contributed by atoms with van der Waals surface area (Å²) < 4.78 is 0. The Morgan fingerprint density at radius 3 is 2.45 bits per heavy atom. The molecule has 0 bridgehead atoms. The topological polar surface area (TPSA) is 40.5 Å². The van der Waals surface area contributed by atoms with Crippen molar-refractivity contribution in [3.05, 3.63) is 65.2 Å². The second-order valence-electron chi connectivity index (χ2n) is 4.80. The minimum atomic E-state index is -0.00569. The highest BCUT2D eigenvalue weighted by Crippen LogP contribution is 2.18. The van der Waals surface area contributed by atoms with Crippen LogP contribution in [0.5, 0.6) is 5.75 Å². The zero-order valence-electron chi connectivity index (χ0n) is 11.8. The standard InChI is InChI=1S/C17H19NO2/c1-3-18(12-14-7-5-4-6-8-14)17(20)16-10-9-15(19)11-13(16)2/h4-11,19H,3,12H2,1-2H3. The third-order valence-electron chi connectivity index (χ3n) is 3.33. The minimum Gasteiger partial charge on any atom is -0.508 e. The van der Waals surface area contributed by atoms with Crippen LogP contribution in [0.4, 0.5) is 0 Å². The first-order valence-corrected chi connectivity index (χ1v) is 6.74. The largest absolute Gasteiger partial charge is 0.508 e. The van der Waals surface area contributed by atoms with E-state index in [4.69, 9.17) is 0 Å². The van der Waals surface area contributed by atoms with Gasteiger partial charge in [-0.15, -0.1) is 0 Å². The van der Waals surface area contributed by atoms with Crippen LogP contribution >= 0.6 is 0 Å². The van der Waals surface area contributed by atoms with Gasteiger partial charge in [0.1, 0.15) is 5.75 Å². The first-order valence-electron chi connectivity index (χ1n) is 6.74. The van der Waals surface area contributed by atoms with E-state index in [0.29, 0.717) is 18.7 Å². The number of hydrogen-bond acceptors (Lipinski definition) is 2. The van der Waals surface area contributed by atoms with E-state index in [1.54, 1.807) is 23.1 Å². The summed E-state index contributed by atoms with van der Waals surface area (Å²) in [7, 11) is 0. The summed E-state index contributed by atoms with van der Waals surface area (Å²) >= 11 is 0. The van der Waals surface area contributed by atoms with Gasteiger partial charge in [0.15, 0.2) is 0 Å². The first-order chi connectivity index (χ1) is 9.61. The van der Waals surface area contributed by atoms with Gasteiger partial charge in [-0.1, -0.05) is 30.3 Å². The maximum Gasteiger partial charge on any atom is 0.254 e. The number of hydrogen-bond donors (Lipinski definition) is 1. The Morgan fingerprint density at radius 1 is 1.15 bits per heavy atom. The Morgan fingerprint density at radius 2 is 1.85 bits per heavy atom. The number of nitrogens with zero attached hydrogens (tertiary/aromatic N) is 1. The highest BCUT2D eigenvalue weighted by atomic mass is 16.3. The molecule has 0 saturated carbocycles. The van der Waals surface area contributed by atoms with E-state index in [9.17, 15) is 9.90 Å². The lowest BCUT2D eigenvalue weighted by Crippen LogP contribution is -2.30. The molecule has 0 aliphatic carbocycles. The number of phenolic OH excluding ortho intramolecular Hbond substituents is 1. The molecule has 20 heavy (non-hydrogen) atoms. The lowest BCUT2D eigenvalue weighted by Gasteiger charge is -2.22. The Labute approximate surface area is 119 Å². The van der Waals surface area contributed by atoms with Crippen molar-refractivity contribution >= 4 is 5.91 Å². The van der Waals surface area contributed by atoms with Gasteiger partial charge < -0.3 is 10.0 Å². The lowest BCUT2D eigenvalue weighted by molar-refractivity contribution is 0.0752. The molecular formula is C17H19NO2. The molecule has 0 aromatic heterocycles. The number of benzene rings is 2. The molecule has 0 radical (unpaired) electrons. The molecule has 104 valence electrons. The SMILES string of the molecule is CCN(Cc1ccccc1)C(=O)c1ccc(O)cc1C. The van der Waals surface area contributed by atoms with E-state index in [1.807, 2.05) is 44.2 Å². The van der Waals surface area contributed by atoms with Crippen LogP contribution in [0.25, 0.3) is 0 Å². The zero-order chi connectivity index (χ0) is 14.5. The summed E-state index contributed by atoms with van der Waals surface area (Å²) in [6.07, 6.45) is 0. The third-order valence-corrected chi connectivity index (χ3v) is 3.33. The van der Waals surface area contributed by atoms with Crippen LogP contribution in [0.1, 0.15) is 28.4 Å². The quantitative estimate of drug-likeness (QED) is 0.924. The van der Waals surface area contributed by atoms with Crippen molar-refractivity contribution < 1.29 is 9.90 Å². The molecule has 0 aliphatic rings. The molecule has 1 amide bonds. The summed E-state index contributed by atoms with van der Waals surface area (Å²) in [4.78, 5) is 14.4. The van der Waals surface area contributed by atoms with Crippen molar-refractivity contribution in [1.29, 1.82) is 0 Å². The second kappa shape index (κ2) is 6.24. The Hall–Kier alpha value is -2.29. The van der Waals surface area contributed by atoms with E-state index in [2.05, 4.69) is 0 Å². The number of amides is 1. The Kier molecular flexibility index (Phi) is 4.41. The van der Waals surface area contributed by atoms with E-state index >= 15 is 0 Å². The number of carbonyl (C=O) groups excluding carboxylic acids is 1. The van der Waals surface area contributed by atoms with Crippen molar-refractivity contribution in [1.82, 2.24) is 4.90 Å². The average molecular weight is 269 g/mol. The van der Waals surface area contributed by atoms with Crippen molar-refractivity contribution in [3.8, 4) is 5.75 Å². The molecule has 0 atom stereocenters. The summed E-state index contributed by atoms with van der Waals surface area (Å²) in [6.45, 7) is 5.05. The predicted molar refractivity (Wildman–Crippen MR) is 79.7 cm³/mol. The fraction of sp³-hybridized carbons (Fsp3) is 0.235. The number of carbonyl (C=O) groups is 1. The molecule has 0 aliphatic heterocycles. The highest BCUT2D eigenvalue weighted by Gasteiger charge is 2.16. The van der Waals surface area contributed by atoms with Gasteiger partial charge in [0.25, 0.3) is 5.91 Å². The van der Waals surface area contributed by atoms with Crippen LogP contribution in [-0.2, 0) is 6.54 Å². The molecule has 0 saturated heterocycles. The fourth-order valence-electron chi connectivity index (χ4n) is 2.19. The van der Waals surface area contributed by atoms with Gasteiger partial charge in [0, 0.05) is 18.7 Å². The Balaban J connectivity index is 2.21. The van der Waals surface area contributed by atoms with Gasteiger partial charge in [-0.25, -0.2) is 0 Å². The van der Waals surface area contributed by atoms with Crippen LogP contribution in [0.2, 0.25) is 0 Å². The molecule has 0 heterocycles. The van der Waals surface area contributed by atoms with Crippen molar-refractivity contribution in [3.63, 3.8) is 0 Å². The second-order valence-corrected chi connectivity index (χ2v) is 4.80. The number of phenols is 1. The molecular weight excluding hydrogens is 250 g/mol. The van der Waals surface area contributed by atoms with Gasteiger partial charge in [-0.2, -0.15) is 0 Å². The maximum absolute atomic E-state index is 12.6. The van der Waals surface area contributed by atoms with Crippen molar-refractivity contribution in [2.45, 2.75) is 20.4 Å². The first kappa shape index (κ1) is 14.1. The van der Waals surface area contributed by atoms with Gasteiger partial charge in [0.2, 0.25) is 0 Å². The zero-order valence-corrected chi connectivity index (χ0v) is 11.8. The fourth-order valence-corrected chi connectivity index (χ4v) is 2.19. The van der Waals surface area contributed by atoms with Crippen LogP contribution in [0.15, 0.2) is 48.5 Å². The van der Waals surface area contributed by atoms with Crippen LogP contribution < -0.4 is 0 Å². The summed E-state index contributed by atoms with van der Waals surface area (Å²) in [5.41, 5.74) is 2.54. The molecule has 2 rings (SSSR count). The molecule has 0 spiro atoms. The molecule has 1 N–H and O–H groups in total. The highest BCUT2D eigenvalue weighted by molar-refractivity contribution is 5.95. The minimum absolute atomic E-state index is 0.00569. The van der Waals surface area contributed by atoms with Crippen LogP contribution in [0, 0.1) is 6.92 Å². The van der Waals surface area contributed by atoms with Gasteiger partial charge in [-0.3, -0.25) is 4.79 Å². The van der Waals surface area contributed by atoms with Crippen LogP contribution in [0.3, 0.4) is 0 Å². The molecule has 3 nitrogen and oxygen atoms in total. The van der Waals surface area contributed by atoms with E-state index in [0.717, 1.165) is 11.1 Å². The smallest absolute Gasteiger partial charge is 0.254 e. The lowest BCUT2D eigenvalue weighted by atomic mass is 10.1. The normalized spacial score (nSPS) is 10.3.